The fraction of sp³-hybridized carbons (Fsp3) is 0.0455. The van der Waals surface area contributed by atoms with Crippen molar-refractivity contribution in [2.75, 3.05) is 0 Å². The van der Waals surface area contributed by atoms with E-state index in [9.17, 15) is 0 Å². The highest BCUT2D eigenvalue weighted by atomic mass is 15.0. The first-order chi connectivity index (χ1) is 12.3. The largest absolute Gasteiger partial charge is 0.208 e. The van der Waals surface area contributed by atoms with E-state index in [0.717, 1.165) is 16.7 Å². The van der Waals surface area contributed by atoms with Crippen LogP contribution in [0.1, 0.15) is 12.7 Å². The molecular weight excluding hydrogens is 306 g/mol. The topological polar surface area (TPSA) is 38.7 Å². The molecule has 0 spiro atoms. The number of hydrogen-bond acceptors (Lipinski definition) is 3. The van der Waals surface area contributed by atoms with E-state index < -0.39 is 0 Å². The third-order valence-electron chi connectivity index (χ3n) is 3.68. The summed E-state index contributed by atoms with van der Waals surface area (Å²) in [6, 6.07) is 19.9. The van der Waals surface area contributed by atoms with E-state index >= 15 is 0 Å². The van der Waals surface area contributed by atoms with Gasteiger partial charge in [0, 0.05) is 16.7 Å². The van der Waals surface area contributed by atoms with E-state index in [2.05, 4.69) is 21.5 Å². The maximum atomic E-state index is 4.68. The van der Waals surface area contributed by atoms with Crippen molar-refractivity contribution in [3.8, 4) is 22.8 Å². The Bertz CT molecular complexity index is 853. The van der Waals surface area contributed by atoms with Gasteiger partial charge in [0.2, 0.25) is 0 Å². The minimum absolute atomic E-state index is 0.647. The summed E-state index contributed by atoms with van der Waals surface area (Å²) in [4.78, 5) is 14.0. The summed E-state index contributed by atoms with van der Waals surface area (Å²) >= 11 is 0. The molecule has 3 aromatic rings. The van der Waals surface area contributed by atoms with Crippen LogP contribution in [0.4, 0.5) is 0 Å². The summed E-state index contributed by atoms with van der Waals surface area (Å²) in [5.41, 5.74) is 2.86. The second-order valence-corrected chi connectivity index (χ2v) is 5.38. The van der Waals surface area contributed by atoms with Crippen molar-refractivity contribution in [2.24, 2.45) is 0 Å². The maximum Gasteiger partial charge on any atom is 0.164 e. The van der Waals surface area contributed by atoms with E-state index in [1.54, 1.807) is 6.08 Å². The van der Waals surface area contributed by atoms with Crippen molar-refractivity contribution in [3.63, 3.8) is 0 Å². The molecule has 0 amide bonds. The molecule has 122 valence electrons. The van der Waals surface area contributed by atoms with Crippen molar-refractivity contribution in [2.45, 2.75) is 6.92 Å². The normalized spacial score (nSPS) is 11.6. The Kier molecular flexibility index (Phi) is 5.27. The first-order valence-electron chi connectivity index (χ1n) is 8.14. The molecule has 25 heavy (non-hydrogen) atoms. The van der Waals surface area contributed by atoms with E-state index in [4.69, 9.17) is 0 Å². The molecule has 0 fully saturated rings. The third-order valence-corrected chi connectivity index (χ3v) is 3.68. The van der Waals surface area contributed by atoms with Gasteiger partial charge >= 0.3 is 0 Å². The lowest BCUT2D eigenvalue weighted by Crippen LogP contribution is -2.02. The van der Waals surface area contributed by atoms with Crippen LogP contribution in [0, 0.1) is 0 Å². The van der Waals surface area contributed by atoms with Crippen molar-refractivity contribution < 1.29 is 0 Å². The highest BCUT2D eigenvalue weighted by Gasteiger charge is 2.11. The fourth-order valence-corrected chi connectivity index (χ4v) is 2.41. The van der Waals surface area contributed by atoms with E-state index in [0.29, 0.717) is 17.5 Å². The molecule has 2 aromatic carbocycles. The SMILES string of the molecule is C=C/C=C\C(=C/C)c1nc(-c2ccccc2)nc(-c2ccccc2)n1. The molecule has 3 heteroatoms. The van der Waals surface area contributed by atoms with Gasteiger partial charge in [-0.15, -0.1) is 0 Å². The van der Waals surface area contributed by atoms with Crippen molar-refractivity contribution in [1.82, 2.24) is 15.0 Å². The zero-order chi connectivity index (χ0) is 17.5. The van der Waals surface area contributed by atoms with Crippen LogP contribution in [0.2, 0.25) is 0 Å². The van der Waals surface area contributed by atoms with Crippen LogP contribution in [-0.4, -0.2) is 15.0 Å². The van der Waals surface area contributed by atoms with Crippen LogP contribution >= 0.6 is 0 Å². The van der Waals surface area contributed by atoms with Crippen molar-refractivity contribution in [1.29, 1.82) is 0 Å². The molecule has 0 aliphatic rings. The van der Waals surface area contributed by atoms with Gasteiger partial charge in [0.05, 0.1) is 0 Å². The van der Waals surface area contributed by atoms with Gasteiger partial charge < -0.3 is 0 Å². The molecule has 0 aliphatic carbocycles. The first-order valence-corrected chi connectivity index (χ1v) is 8.14. The third kappa shape index (κ3) is 3.96. The summed E-state index contributed by atoms with van der Waals surface area (Å²) in [5.74, 6) is 1.97. The van der Waals surface area contributed by atoms with Crippen LogP contribution in [-0.2, 0) is 0 Å². The van der Waals surface area contributed by atoms with Gasteiger partial charge in [-0.1, -0.05) is 91.5 Å². The predicted octanol–water partition coefficient (Wildman–Crippen LogP) is 5.35. The van der Waals surface area contributed by atoms with Gasteiger partial charge in [-0.2, -0.15) is 0 Å². The van der Waals surface area contributed by atoms with Crippen LogP contribution in [0.25, 0.3) is 28.3 Å². The number of nitrogens with zero attached hydrogens (tertiary/aromatic N) is 3. The Morgan fingerprint density at radius 2 is 1.32 bits per heavy atom. The van der Waals surface area contributed by atoms with Gasteiger partial charge in [0.25, 0.3) is 0 Å². The highest BCUT2D eigenvalue weighted by Crippen LogP contribution is 2.23. The quantitative estimate of drug-likeness (QED) is 0.593. The Morgan fingerprint density at radius 3 is 1.76 bits per heavy atom. The Labute approximate surface area is 148 Å². The Hall–Kier alpha value is -3.33. The zero-order valence-corrected chi connectivity index (χ0v) is 14.1. The molecule has 3 nitrogen and oxygen atoms in total. The molecule has 0 N–H and O–H groups in total. The highest BCUT2D eigenvalue weighted by molar-refractivity contribution is 5.72. The molecule has 0 atom stereocenters. The van der Waals surface area contributed by atoms with Gasteiger partial charge in [-0.3, -0.25) is 0 Å². The van der Waals surface area contributed by atoms with Gasteiger partial charge in [-0.25, -0.2) is 15.0 Å². The van der Waals surface area contributed by atoms with E-state index in [1.165, 1.54) is 0 Å². The van der Waals surface area contributed by atoms with E-state index in [1.807, 2.05) is 85.8 Å². The van der Waals surface area contributed by atoms with Crippen LogP contribution < -0.4 is 0 Å². The lowest BCUT2D eigenvalue weighted by molar-refractivity contribution is 1.04. The molecule has 0 unspecified atom stereocenters. The number of rotatable bonds is 5. The Morgan fingerprint density at radius 1 is 0.800 bits per heavy atom. The minimum Gasteiger partial charge on any atom is -0.208 e. The predicted molar refractivity (Wildman–Crippen MR) is 104 cm³/mol. The average molecular weight is 325 g/mol. The van der Waals surface area contributed by atoms with Crippen LogP contribution in [0.3, 0.4) is 0 Å². The van der Waals surface area contributed by atoms with Crippen molar-refractivity contribution >= 4 is 5.57 Å². The van der Waals surface area contributed by atoms with Crippen LogP contribution in [0.5, 0.6) is 0 Å². The van der Waals surface area contributed by atoms with Crippen molar-refractivity contribution in [3.05, 3.63) is 97.4 Å². The molecular formula is C22H19N3. The molecule has 0 saturated heterocycles. The van der Waals surface area contributed by atoms with Gasteiger partial charge in [0.1, 0.15) is 0 Å². The summed E-state index contributed by atoms with van der Waals surface area (Å²) < 4.78 is 0. The number of benzene rings is 2. The molecule has 3 rings (SSSR count). The van der Waals surface area contributed by atoms with Gasteiger partial charge in [-0.05, 0) is 6.92 Å². The second-order valence-electron chi connectivity index (χ2n) is 5.38. The summed E-state index contributed by atoms with van der Waals surface area (Å²) in [5, 5.41) is 0. The van der Waals surface area contributed by atoms with Gasteiger partial charge in [0.15, 0.2) is 17.5 Å². The average Bonchev–Trinajstić information content (AvgIpc) is 2.70. The fourth-order valence-electron chi connectivity index (χ4n) is 2.41. The monoisotopic (exact) mass is 325 g/mol. The standard InChI is InChI=1S/C22H19N3/c1-3-5-12-17(4-2)20-23-21(18-13-8-6-9-14-18)25-22(24-20)19-15-10-7-11-16-19/h3-16H,1H2,2H3/b12-5-,17-4+. The van der Waals surface area contributed by atoms with Crippen LogP contribution in [0.15, 0.2) is 91.5 Å². The molecule has 0 saturated carbocycles. The summed E-state index contributed by atoms with van der Waals surface area (Å²) in [6.07, 6.45) is 7.55. The lowest BCUT2D eigenvalue weighted by Gasteiger charge is -2.08. The Balaban J connectivity index is 2.18. The zero-order valence-electron chi connectivity index (χ0n) is 14.1. The minimum atomic E-state index is 0.647. The molecule has 0 radical (unpaired) electrons. The number of allylic oxidation sites excluding steroid dienone is 5. The lowest BCUT2D eigenvalue weighted by atomic mass is 10.1. The molecule has 0 aliphatic heterocycles. The molecule has 0 bridgehead atoms. The molecule has 1 aromatic heterocycles. The first kappa shape index (κ1) is 16.5. The second kappa shape index (κ2) is 7.97. The summed E-state index contributed by atoms with van der Waals surface area (Å²) in [6.45, 7) is 5.69. The van der Waals surface area contributed by atoms with E-state index in [-0.39, 0.29) is 0 Å². The number of aromatic nitrogens is 3. The smallest absolute Gasteiger partial charge is 0.164 e. The summed E-state index contributed by atoms with van der Waals surface area (Å²) in [7, 11) is 0. The number of hydrogen-bond donors (Lipinski definition) is 0. The molecule has 1 heterocycles. The maximum absolute atomic E-state index is 4.68.